The highest BCUT2D eigenvalue weighted by Gasteiger charge is 2.32. The molecule has 2 aliphatic heterocycles. The fourth-order valence-electron chi connectivity index (χ4n) is 1.77. The molecule has 1 N–H and O–H groups in total. The average molecular weight is 171 g/mol. The number of hydrogen-bond donors (Lipinski definition) is 1. The normalized spacial score (nSPS) is 36.8. The molecule has 0 spiro atoms. The zero-order valence-corrected chi connectivity index (χ0v) is 7.46. The van der Waals surface area contributed by atoms with Crippen molar-refractivity contribution >= 4 is 0 Å². The van der Waals surface area contributed by atoms with Gasteiger partial charge in [0.1, 0.15) is 0 Å². The van der Waals surface area contributed by atoms with Crippen LogP contribution in [0, 0.1) is 0 Å². The van der Waals surface area contributed by atoms with Crippen LogP contribution in [0.25, 0.3) is 0 Å². The predicted molar refractivity (Wildman–Crippen MR) is 46.1 cm³/mol. The number of nitrogens with zero attached hydrogens (tertiary/aromatic N) is 1. The van der Waals surface area contributed by atoms with Gasteiger partial charge in [-0.3, -0.25) is 0 Å². The maximum Gasteiger partial charge on any atom is 0.0914 e. The lowest BCUT2D eigenvalue weighted by atomic mass is 9.98. The van der Waals surface area contributed by atoms with Crippen LogP contribution in [-0.2, 0) is 4.74 Å². The van der Waals surface area contributed by atoms with Crippen molar-refractivity contribution in [2.45, 2.75) is 24.9 Å². The Morgan fingerprint density at radius 1 is 1.42 bits per heavy atom. The van der Waals surface area contributed by atoms with Gasteiger partial charge in [-0.05, 0) is 25.9 Å². The molecule has 2 saturated heterocycles. The van der Waals surface area contributed by atoms with E-state index in [1.54, 1.807) is 0 Å². The molecule has 3 nitrogen and oxygen atoms in total. The van der Waals surface area contributed by atoms with Crippen LogP contribution in [0.4, 0.5) is 0 Å². The second-order valence-electron chi connectivity index (χ2n) is 3.97. The minimum absolute atomic E-state index is 0.504. The van der Waals surface area contributed by atoms with Crippen molar-refractivity contribution in [3.8, 4) is 0 Å². The molecular formula is C9H17NO2. The maximum absolute atomic E-state index is 9.91. The molecule has 2 fully saturated rings. The lowest BCUT2D eigenvalue weighted by Gasteiger charge is -2.33. The topological polar surface area (TPSA) is 32.7 Å². The van der Waals surface area contributed by atoms with E-state index in [0.717, 1.165) is 26.0 Å². The van der Waals surface area contributed by atoms with Crippen molar-refractivity contribution in [3.63, 3.8) is 0 Å². The third-order valence-electron chi connectivity index (χ3n) is 2.92. The molecule has 1 unspecified atom stereocenters. The predicted octanol–water partition coefficient (Wildman–Crippen LogP) is 0.234. The van der Waals surface area contributed by atoms with E-state index in [4.69, 9.17) is 4.74 Å². The molecular weight excluding hydrogens is 154 g/mol. The van der Waals surface area contributed by atoms with Gasteiger partial charge in [0.25, 0.3) is 0 Å². The van der Waals surface area contributed by atoms with Crippen LogP contribution in [0.5, 0.6) is 0 Å². The van der Waals surface area contributed by atoms with Crippen LogP contribution in [0.1, 0.15) is 19.3 Å². The standard InChI is InChI=1S/C9H17NO2/c11-9(3-7-12-8-9)2-6-10-4-1-5-10/h11H,1-8H2. The molecule has 2 aliphatic rings. The number of hydrogen-bond acceptors (Lipinski definition) is 3. The van der Waals surface area contributed by atoms with Gasteiger partial charge in [0.15, 0.2) is 0 Å². The van der Waals surface area contributed by atoms with E-state index in [2.05, 4.69) is 4.90 Å². The molecule has 0 saturated carbocycles. The summed E-state index contributed by atoms with van der Waals surface area (Å²) in [5.74, 6) is 0. The highest BCUT2D eigenvalue weighted by atomic mass is 16.5. The van der Waals surface area contributed by atoms with Gasteiger partial charge in [0.05, 0.1) is 12.2 Å². The molecule has 0 aliphatic carbocycles. The summed E-state index contributed by atoms with van der Waals surface area (Å²) in [7, 11) is 0. The van der Waals surface area contributed by atoms with Gasteiger partial charge in [-0.15, -0.1) is 0 Å². The Labute approximate surface area is 73.3 Å². The fourth-order valence-corrected chi connectivity index (χ4v) is 1.77. The van der Waals surface area contributed by atoms with Gasteiger partial charge in [0, 0.05) is 19.6 Å². The van der Waals surface area contributed by atoms with Crippen molar-refractivity contribution in [1.29, 1.82) is 0 Å². The first-order valence-electron chi connectivity index (χ1n) is 4.81. The lowest BCUT2D eigenvalue weighted by molar-refractivity contribution is 0.00567. The molecule has 70 valence electrons. The first-order chi connectivity index (χ1) is 5.79. The molecule has 0 radical (unpaired) electrons. The summed E-state index contributed by atoms with van der Waals surface area (Å²) < 4.78 is 5.18. The summed E-state index contributed by atoms with van der Waals surface area (Å²) in [6.45, 7) is 4.76. The summed E-state index contributed by atoms with van der Waals surface area (Å²) in [4.78, 5) is 2.39. The molecule has 0 aromatic carbocycles. The molecule has 2 heterocycles. The van der Waals surface area contributed by atoms with Crippen LogP contribution in [0.2, 0.25) is 0 Å². The Balaban J connectivity index is 1.70. The highest BCUT2D eigenvalue weighted by molar-refractivity contribution is 4.84. The Morgan fingerprint density at radius 2 is 2.25 bits per heavy atom. The third kappa shape index (κ3) is 1.79. The van der Waals surface area contributed by atoms with Gasteiger partial charge in [-0.2, -0.15) is 0 Å². The summed E-state index contributed by atoms with van der Waals surface area (Å²) in [6, 6.07) is 0. The summed E-state index contributed by atoms with van der Waals surface area (Å²) >= 11 is 0. The fraction of sp³-hybridized carbons (Fsp3) is 1.00. The van der Waals surface area contributed by atoms with E-state index in [1.165, 1.54) is 19.5 Å². The smallest absolute Gasteiger partial charge is 0.0914 e. The monoisotopic (exact) mass is 171 g/mol. The molecule has 12 heavy (non-hydrogen) atoms. The Bertz CT molecular complexity index is 151. The van der Waals surface area contributed by atoms with Crippen LogP contribution in [-0.4, -0.2) is 48.5 Å². The van der Waals surface area contributed by atoms with Crippen LogP contribution >= 0.6 is 0 Å². The van der Waals surface area contributed by atoms with Crippen molar-refractivity contribution in [3.05, 3.63) is 0 Å². The SMILES string of the molecule is OC1(CCN2CCC2)CCOC1. The summed E-state index contributed by atoms with van der Waals surface area (Å²) in [5.41, 5.74) is -0.504. The molecule has 0 bridgehead atoms. The van der Waals surface area contributed by atoms with Gasteiger partial charge in [-0.25, -0.2) is 0 Å². The van der Waals surface area contributed by atoms with Crippen LogP contribution < -0.4 is 0 Å². The first kappa shape index (κ1) is 8.48. The quantitative estimate of drug-likeness (QED) is 0.660. The third-order valence-corrected chi connectivity index (χ3v) is 2.92. The second kappa shape index (κ2) is 3.32. The van der Waals surface area contributed by atoms with E-state index in [0.29, 0.717) is 6.61 Å². The molecule has 2 rings (SSSR count). The first-order valence-corrected chi connectivity index (χ1v) is 4.81. The van der Waals surface area contributed by atoms with Crippen LogP contribution in [0.15, 0.2) is 0 Å². The largest absolute Gasteiger partial charge is 0.387 e. The van der Waals surface area contributed by atoms with E-state index >= 15 is 0 Å². The zero-order valence-electron chi connectivity index (χ0n) is 7.46. The van der Waals surface area contributed by atoms with Crippen molar-refractivity contribution in [1.82, 2.24) is 4.90 Å². The van der Waals surface area contributed by atoms with Gasteiger partial charge < -0.3 is 14.7 Å². The highest BCUT2D eigenvalue weighted by Crippen LogP contribution is 2.23. The van der Waals surface area contributed by atoms with E-state index in [-0.39, 0.29) is 0 Å². The number of ether oxygens (including phenoxy) is 1. The van der Waals surface area contributed by atoms with Gasteiger partial charge in [-0.1, -0.05) is 0 Å². The van der Waals surface area contributed by atoms with Crippen molar-refractivity contribution < 1.29 is 9.84 Å². The summed E-state index contributed by atoms with van der Waals surface area (Å²) in [6.07, 6.45) is 3.03. The molecule has 3 heteroatoms. The molecule has 0 amide bonds. The minimum Gasteiger partial charge on any atom is -0.387 e. The maximum atomic E-state index is 9.91. The van der Waals surface area contributed by atoms with Crippen LogP contribution in [0.3, 0.4) is 0 Å². The number of aliphatic hydroxyl groups is 1. The zero-order chi connectivity index (χ0) is 8.44. The van der Waals surface area contributed by atoms with E-state index in [1.807, 2.05) is 0 Å². The van der Waals surface area contributed by atoms with Gasteiger partial charge in [0.2, 0.25) is 0 Å². The van der Waals surface area contributed by atoms with E-state index in [9.17, 15) is 5.11 Å². The Morgan fingerprint density at radius 3 is 2.75 bits per heavy atom. The number of rotatable bonds is 3. The summed E-state index contributed by atoms with van der Waals surface area (Å²) in [5, 5.41) is 9.91. The average Bonchev–Trinajstić information content (AvgIpc) is 2.33. The Kier molecular flexibility index (Phi) is 2.35. The molecule has 0 aromatic heterocycles. The van der Waals surface area contributed by atoms with Crippen molar-refractivity contribution in [2.75, 3.05) is 32.8 Å². The lowest BCUT2D eigenvalue weighted by Crippen LogP contribution is -2.42. The Hall–Kier alpha value is -0.120. The van der Waals surface area contributed by atoms with Crippen molar-refractivity contribution in [2.24, 2.45) is 0 Å². The molecule has 1 atom stereocenters. The minimum atomic E-state index is -0.504. The molecule has 0 aromatic rings. The van der Waals surface area contributed by atoms with E-state index < -0.39 is 5.60 Å². The second-order valence-corrected chi connectivity index (χ2v) is 3.97. The van der Waals surface area contributed by atoms with Gasteiger partial charge >= 0.3 is 0 Å². The number of likely N-dealkylation sites (tertiary alicyclic amines) is 1.